The molecule has 0 aliphatic carbocycles. The van der Waals surface area contributed by atoms with Crippen LogP contribution in [-0.2, 0) is 9.59 Å². The Morgan fingerprint density at radius 2 is 1.95 bits per heavy atom. The summed E-state index contributed by atoms with van der Waals surface area (Å²) in [7, 11) is 0. The van der Waals surface area contributed by atoms with Crippen LogP contribution in [0.5, 0.6) is 0 Å². The monoisotopic (exact) mass is 271 g/mol. The molecule has 1 fully saturated rings. The smallest absolute Gasteiger partial charge is 0.223 e. The van der Waals surface area contributed by atoms with Crippen molar-refractivity contribution in [2.24, 2.45) is 17.4 Å². The molecule has 0 spiro atoms. The van der Waals surface area contributed by atoms with Crippen molar-refractivity contribution in [3.63, 3.8) is 0 Å². The van der Waals surface area contributed by atoms with Crippen molar-refractivity contribution in [1.29, 1.82) is 0 Å². The SMILES string of the molecule is NCCNCCCNCCN1CC(C(N)=O)CC1=O. The van der Waals surface area contributed by atoms with Crippen molar-refractivity contribution >= 4 is 11.8 Å². The Morgan fingerprint density at radius 1 is 1.26 bits per heavy atom. The standard InChI is InChI=1S/C12H25N5O2/c13-2-5-15-3-1-4-16-6-7-17-9-10(12(14)19)8-11(17)18/h10,15-16H,1-9,13H2,(H2,14,19). The van der Waals surface area contributed by atoms with Gasteiger partial charge in [0.15, 0.2) is 0 Å². The van der Waals surface area contributed by atoms with Crippen LogP contribution >= 0.6 is 0 Å². The van der Waals surface area contributed by atoms with Gasteiger partial charge in [-0.25, -0.2) is 0 Å². The average molecular weight is 271 g/mol. The van der Waals surface area contributed by atoms with Crippen LogP contribution in [0.15, 0.2) is 0 Å². The lowest BCUT2D eigenvalue weighted by Crippen LogP contribution is -2.35. The summed E-state index contributed by atoms with van der Waals surface area (Å²) in [6, 6.07) is 0. The topological polar surface area (TPSA) is 113 Å². The number of nitrogens with zero attached hydrogens (tertiary/aromatic N) is 1. The first kappa shape index (κ1) is 15.9. The Bertz CT molecular complexity index is 298. The van der Waals surface area contributed by atoms with Gasteiger partial charge in [-0.3, -0.25) is 9.59 Å². The minimum absolute atomic E-state index is 0.0233. The summed E-state index contributed by atoms with van der Waals surface area (Å²) in [6.07, 6.45) is 1.29. The minimum atomic E-state index is -0.380. The molecule has 6 N–H and O–H groups in total. The van der Waals surface area contributed by atoms with E-state index in [2.05, 4.69) is 10.6 Å². The number of nitrogens with one attached hydrogen (secondary N) is 2. The lowest BCUT2D eigenvalue weighted by atomic mass is 10.1. The van der Waals surface area contributed by atoms with Crippen molar-refractivity contribution in [2.75, 3.05) is 45.8 Å². The average Bonchev–Trinajstić information content (AvgIpc) is 2.74. The molecule has 0 radical (unpaired) electrons. The van der Waals surface area contributed by atoms with Crippen molar-refractivity contribution in [3.8, 4) is 0 Å². The Labute approximate surface area is 114 Å². The van der Waals surface area contributed by atoms with Gasteiger partial charge >= 0.3 is 0 Å². The number of carbonyl (C=O) groups excluding carboxylic acids is 2. The molecule has 0 aromatic carbocycles. The predicted molar refractivity (Wildman–Crippen MR) is 73.3 cm³/mol. The fraction of sp³-hybridized carbons (Fsp3) is 0.833. The number of likely N-dealkylation sites (tertiary alicyclic amines) is 1. The highest BCUT2D eigenvalue weighted by atomic mass is 16.2. The van der Waals surface area contributed by atoms with Crippen molar-refractivity contribution in [1.82, 2.24) is 15.5 Å². The van der Waals surface area contributed by atoms with Crippen molar-refractivity contribution in [3.05, 3.63) is 0 Å². The van der Waals surface area contributed by atoms with E-state index in [9.17, 15) is 9.59 Å². The van der Waals surface area contributed by atoms with Crippen LogP contribution in [0.25, 0.3) is 0 Å². The van der Waals surface area contributed by atoms with Gasteiger partial charge in [-0.1, -0.05) is 0 Å². The van der Waals surface area contributed by atoms with E-state index in [0.29, 0.717) is 19.6 Å². The summed E-state index contributed by atoms with van der Waals surface area (Å²) < 4.78 is 0. The first-order valence-corrected chi connectivity index (χ1v) is 6.83. The minimum Gasteiger partial charge on any atom is -0.369 e. The quantitative estimate of drug-likeness (QED) is 0.338. The molecular weight excluding hydrogens is 246 g/mol. The number of primary amides is 1. The van der Waals surface area contributed by atoms with E-state index in [4.69, 9.17) is 11.5 Å². The summed E-state index contributed by atoms with van der Waals surface area (Å²) in [6.45, 7) is 5.19. The molecule has 1 aliphatic heterocycles. The number of hydrogen-bond donors (Lipinski definition) is 4. The summed E-state index contributed by atoms with van der Waals surface area (Å²) in [4.78, 5) is 24.3. The molecule has 19 heavy (non-hydrogen) atoms. The summed E-state index contributed by atoms with van der Waals surface area (Å²) >= 11 is 0. The number of rotatable bonds is 10. The normalized spacial score (nSPS) is 19.1. The van der Waals surface area contributed by atoms with Gasteiger partial charge in [0.25, 0.3) is 0 Å². The summed E-state index contributed by atoms with van der Waals surface area (Å²) in [5.74, 6) is -0.669. The molecule has 1 unspecified atom stereocenters. The molecule has 0 aromatic rings. The maximum Gasteiger partial charge on any atom is 0.223 e. The highest BCUT2D eigenvalue weighted by Crippen LogP contribution is 2.16. The molecular formula is C12H25N5O2. The maximum absolute atomic E-state index is 11.6. The van der Waals surface area contributed by atoms with Gasteiger partial charge in [0.1, 0.15) is 0 Å². The third-order valence-corrected chi connectivity index (χ3v) is 3.20. The molecule has 1 atom stereocenters. The van der Waals surface area contributed by atoms with Gasteiger partial charge in [-0.2, -0.15) is 0 Å². The fourth-order valence-electron chi connectivity index (χ4n) is 2.08. The molecule has 0 bridgehead atoms. The summed E-state index contributed by atoms with van der Waals surface area (Å²) in [5, 5.41) is 6.48. The van der Waals surface area contributed by atoms with E-state index in [-0.39, 0.29) is 24.2 Å². The van der Waals surface area contributed by atoms with Crippen LogP contribution in [-0.4, -0.2) is 62.5 Å². The van der Waals surface area contributed by atoms with E-state index in [0.717, 1.165) is 32.6 Å². The van der Waals surface area contributed by atoms with E-state index >= 15 is 0 Å². The predicted octanol–water partition coefficient (Wildman–Crippen LogP) is -2.15. The van der Waals surface area contributed by atoms with E-state index < -0.39 is 0 Å². The van der Waals surface area contributed by atoms with Gasteiger partial charge in [0, 0.05) is 39.1 Å². The molecule has 110 valence electrons. The molecule has 0 saturated carbocycles. The van der Waals surface area contributed by atoms with E-state index in [1.165, 1.54) is 0 Å². The van der Waals surface area contributed by atoms with Gasteiger partial charge in [-0.15, -0.1) is 0 Å². The zero-order chi connectivity index (χ0) is 14.1. The third kappa shape index (κ3) is 6.00. The second-order valence-corrected chi connectivity index (χ2v) is 4.79. The first-order valence-electron chi connectivity index (χ1n) is 6.83. The van der Waals surface area contributed by atoms with Crippen molar-refractivity contribution in [2.45, 2.75) is 12.8 Å². The van der Waals surface area contributed by atoms with Crippen LogP contribution in [0.4, 0.5) is 0 Å². The largest absolute Gasteiger partial charge is 0.369 e. The summed E-state index contributed by atoms with van der Waals surface area (Å²) in [5.41, 5.74) is 10.6. The molecule has 1 heterocycles. The lowest BCUT2D eigenvalue weighted by molar-refractivity contribution is -0.128. The Kier molecular flexibility index (Phi) is 7.39. The number of hydrogen-bond acceptors (Lipinski definition) is 5. The fourth-order valence-corrected chi connectivity index (χ4v) is 2.08. The van der Waals surface area contributed by atoms with Crippen molar-refractivity contribution < 1.29 is 9.59 Å². The van der Waals surface area contributed by atoms with Crippen LogP contribution < -0.4 is 22.1 Å². The molecule has 7 heteroatoms. The van der Waals surface area contributed by atoms with Gasteiger partial charge < -0.3 is 27.0 Å². The lowest BCUT2D eigenvalue weighted by Gasteiger charge is -2.16. The second-order valence-electron chi connectivity index (χ2n) is 4.79. The van der Waals surface area contributed by atoms with Gasteiger partial charge in [-0.05, 0) is 19.5 Å². The highest BCUT2D eigenvalue weighted by molar-refractivity contribution is 5.88. The molecule has 7 nitrogen and oxygen atoms in total. The van der Waals surface area contributed by atoms with Crippen LogP contribution in [0.2, 0.25) is 0 Å². The van der Waals surface area contributed by atoms with Crippen LogP contribution in [0, 0.1) is 5.92 Å². The highest BCUT2D eigenvalue weighted by Gasteiger charge is 2.32. The van der Waals surface area contributed by atoms with E-state index in [1.807, 2.05) is 0 Å². The second kappa shape index (κ2) is 8.84. The molecule has 1 rings (SSSR count). The molecule has 0 aromatic heterocycles. The third-order valence-electron chi connectivity index (χ3n) is 3.20. The maximum atomic E-state index is 11.6. The molecule has 1 aliphatic rings. The van der Waals surface area contributed by atoms with Crippen LogP contribution in [0.3, 0.4) is 0 Å². The number of carbonyl (C=O) groups is 2. The van der Waals surface area contributed by atoms with Gasteiger partial charge in [0.05, 0.1) is 5.92 Å². The van der Waals surface area contributed by atoms with Crippen LogP contribution in [0.1, 0.15) is 12.8 Å². The number of amides is 2. The Balaban J connectivity index is 2.01. The zero-order valence-electron chi connectivity index (χ0n) is 11.4. The zero-order valence-corrected chi connectivity index (χ0v) is 11.4. The molecule has 2 amide bonds. The molecule has 1 saturated heterocycles. The first-order chi connectivity index (χ1) is 9.15. The Hall–Kier alpha value is -1.18. The Morgan fingerprint density at radius 3 is 2.53 bits per heavy atom. The van der Waals surface area contributed by atoms with E-state index in [1.54, 1.807) is 4.90 Å². The van der Waals surface area contributed by atoms with Gasteiger partial charge in [0.2, 0.25) is 11.8 Å². The number of nitrogens with two attached hydrogens (primary N) is 2.